The number of carbonyl (C=O) groups is 2. The van der Waals surface area contributed by atoms with E-state index in [1.807, 2.05) is 11.5 Å². The van der Waals surface area contributed by atoms with Crippen molar-refractivity contribution in [2.24, 2.45) is 0 Å². The molecule has 0 aliphatic heterocycles. The largest absolute Gasteiger partial charge is 0.462 e. The third-order valence-corrected chi connectivity index (χ3v) is 7.62. The highest BCUT2D eigenvalue weighted by Crippen LogP contribution is 2.39. The van der Waals surface area contributed by atoms with Gasteiger partial charge in [0.15, 0.2) is 0 Å². The summed E-state index contributed by atoms with van der Waals surface area (Å²) in [5.74, 6) is -0.156. The third-order valence-electron chi connectivity index (χ3n) is 6.41. The van der Waals surface area contributed by atoms with E-state index in [0.29, 0.717) is 35.3 Å². The van der Waals surface area contributed by atoms with Crippen LogP contribution in [0.4, 0.5) is 5.00 Å². The predicted octanol–water partition coefficient (Wildman–Crippen LogP) is 6.63. The number of fused-ring (bicyclic) bond motifs is 2. The van der Waals surface area contributed by atoms with Crippen LogP contribution in [0.1, 0.15) is 81.9 Å². The second-order valence-electron chi connectivity index (χ2n) is 8.89. The first-order valence-electron chi connectivity index (χ1n) is 11.7. The minimum Gasteiger partial charge on any atom is -0.462 e. The zero-order chi connectivity index (χ0) is 23.7. The SMILES string of the molecule is C=CCn1c(C(=O)Nc2sc3c(c2C(=O)OCC)CCCC3)c(C)c2cc(C(C)C)ccc21. The van der Waals surface area contributed by atoms with Crippen molar-refractivity contribution in [1.82, 2.24) is 4.57 Å². The summed E-state index contributed by atoms with van der Waals surface area (Å²) in [6, 6.07) is 6.39. The number of nitrogens with zero attached hydrogens (tertiary/aromatic N) is 1. The number of amides is 1. The lowest BCUT2D eigenvalue weighted by Gasteiger charge is -2.13. The maximum atomic E-state index is 13.7. The van der Waals surface area contributed by atoms with E-state index >= 15 is 0 Å². The van der Waals surface area contributed by atoms with Crippen molar-refractivity contribution in [2.45, 2.75) is 65.8 Å². The topological polar surface area (TPSA) is 60.3 Å². The summed E-state index contributed by atoms with van der Waals surface area (Å²) in [5.41, 5.74) is 5.38. The first-order valence-corrected chi connectivity index (χ1v) is 12.6. The molecule has 0 saturated heterocycles. The molecular formula is C27H32N2O3S. The van der Waals surface area contributed by atoms with E-state index < -0.39 is 0 Å². The zero-order valence-corrected chi connectivity index (χ0v) is 20.7. The summed E-state index contributed by atoms with van der Waals surface area (Å²) in [6.07, 6.45) is 5.75. The molecule has 2 aromatic heterocycles. The monoisotopic (exact) mass is 464 g/mol. The van der Waals surface area contributed by atoms with E-state index in [-0.39, 0.29) is 11.9 Å². The number of aromatic nitrogens is 1. The Labute approximate surface area is 199 Å². The summed E-state index contributed by atoms with van der Waals surface area (Å²) < 4.78 is 7.36. The van der Waals surface area contributed by atoms with Crippen LogP contribution in [0.15, 0.2) is 30.9 Å². The van der Waals surface area contributed by atoms with Crippen molar-refractivity contribution in [3.8, 4) is 0 Å². The summed E-state index contributed by atoms with van der Waals surface area (Å²) in [5, 5.41) is 4.76. The molecular weight excluding hydrogens is 432 g/mol. The van der Waals surface area contributed by atoms with Crippen molar-refractivity contribution in [3.63, 3.8) is 0 Å². The highest BCUT2D eigenvalue weighted by atomic mass is 32.1. The van der Waals surface area contributed by atoms with Crippen LogP contribution in [0, 0.1) is 6.92 Å². The molecule has 0 radical (unpaired) electrons. The van der Waals surface area contributed by atoms with Crippen molar-refractivity contribution in [2.75, 3.05) is 11.9 Å². The number of carbonyl (C=O) groups excluding carboxylic acids is 2. The van der Waals surface area contributed by atoms with Crippen LogP contribution in [0.3, 0.4) is 0 Å². The third kappa shape index (κ3) is 4.24. The summed E-state index contributed by atoms with van der Waals surface area (Å²) in [4.78, 5) is 27.6. The van der Waals surface area contributed by atoms with Crippen LogP contribution in [-0.2, 0) is 24.1 Å². The molecule has 2 heterocycles. The number of thiophene rings is 1. The van der Waals surface area contributed by atoms with Gasteiger partial charge in [-0.2, -0.15) is 0 Å². The van der Waals surface area contributed by atoms with E-state index in [0.717, 1.165) is 47.7 Å². The van der Waals surface area contributed by atoms with Crippen LogP contribution in [-0.4, -0.2) is 23.1 Å². The number of esters is 1. The van der Waals surface area contributed by atoms with Gasteiger partial charge in [0.2, 0.25) is 0 Å². The Morgan fingerprint density at radius 3 is 2.73 bits per heavy atom. The quantitative estimate of drug-likeness (QED) is 0.315. The summed E-state index contributed by atoms with van der Waals surface area (Å²) in [6.45, 7) is 12.9. The molecule has 33 heavy (non-hydrogen) atoms. The average Bonchev–Trinajstić information content (AvgIpc) is 3.28. The molecule has 1 N–H and O–H groups in total. The number of ether oxygens (including phenoxy) is 1. The van der Waals surface area contributed by atoms with E-state index in [9.17, 15) is 9.59 Å². The van der Waals surface area contributed by atoms with E-state index in [1.54, 1.807) is 13.0 Å². The number of hydrogen-bond acceptors (Lipinski definition) is 4. The van der Waals surface area contributed by atoms with Gasteiger partial charge in [0.05, 0.1) is 12.2 Å². The first-order chi connectivity index (χ1) is 15.9. The number of allylic oxidation sites excluding steroid dienone is 1. The molecule has 5 nitrogen and oxygen atoms in total. The van der Waals surface area contributed by atoms with Crippen LogP contribution in [0.2, 0.25) is 0 Å². The van der Waals surface area contributed by atoms with Gasteiger partial charge < -0.3 is 14.6 Å². The lowest BCUT2D eigenvalue weighted by molar-refractivity contribution is 0.0526. The molecule has 3 aromatic rings. The first kappa shape index (κ1) is 23.3. The number of rotatable bonds is 7. The van der Waals surface area contributed by atoms with Crippen LogP contribution < -0.4 is 5.32 Å². The molecule has 0 bridgehead atoms. The molecule has 1 aromatic carbocycles. The van der Waals surface area contributed by atoms with Crippen molar-refractivity contribution in [1.29, 1.82) is 0 Å². The molecule has 0 fully saturated rings. The van der Waals surface area contributed by atoms with Crippen molar-refractivity contribution in [3.05, 3.63) is 63.7 Å². The zero-order valence-electron chi connectivity index (χ0n) is 19.9. The van der Waals surface area contributed by atoms with Gasteiger partial charge >= 0.3 is 5.97 Å². The lowest BCUT2D eigenvalue weighted by atomic mass is 9.95. The maximum Gasteiger partial charge on any atom is 0.341 e. The summed E-state index contributed by atoms with van der Waals surface area (Å²) in [7, 11) is 0. The van der Waals surface area contributed by atoms with Crippen LogP contribution >= 0.6 is 11.3 Å². The molecule has 1 aliphatic carbocycles. The van der Waals surface area contributed by atoms with E-state index in [2.05, 4.69) is 43.9 Å². The highest BCUT2D eigenvalue weighted by molar-refractivity contribution is 7.17. The van der Waals surface area contributed by atoms with Crippen LogP contribution in [0.5, 0.6) is 0 Å². The van der Waals surface area contributed by atoms with Gasteiger partial charge in [-0.25, -0.2) is 4.79 Å². The second kappa shape index (κ2) is 9.56. The minimum atomic E-state index is -0.350. The Kier molecular flexibility index (Phi) is 6.75. The Balaban J connectivity index is 1.79. The molecule has 4 rings (SSSR count). The smallest absolute Gasteiger partial charge is 0.341 e. The van der Waals surface area contributed by atoms with Gasteiger partial charge in [0.1, 0.15) is 10.7 Å². The fraction of sp³-hybridized carbons (Fsp3) is 0.407. The highest BCUT2D eigenvalue weighted by Gasteiger charge is 2.29. The predicted molar refractivity (Wildman–Crippen MR) is 136 cm³/mol. The van der Waals surface area contributed by atoms with Gasteiger partial charge in [-0.05, 0) is 74.3 Å². The number of anilines is 1. The van der Waals surface area contributed by atoms with Crippen LogP contribution in [0.25, 0.3) is 10.9 Å². The van der Waals surface area contributed by atoms with E-state index in [4.69, 9.17) is 4.74 Å². The minimum absolute atomic E-state index is 0.208. The Hall–Kier alpha value is -2.86. The number of nitrogens with one attached hydrogen (secondary N) is 1. The van der Waals surface area contributed by atoms with Gasteiger partial charge in [-0.15, -0.1) is 17.9 Å². The molecule has 1 amide bonds. The number of benzene rings is 1. The standard InChI is InChI=1S/C27H32N2O3S/c1-6-14-29-21-13-12-18(16(3)4)15-20(21)17(5)24(29)25(30)28-26-23(27(31)32-7-2)19-10-8-9-11-22(19)33-26/h6,12-13,15-16H,1,7-11,14H2,2-5H3,(H,28,30). The van der Waals surface area contributed by atoms with Gasteiger partial charge in [-0.3, -0.25) is 4.79 Å². The Morgan fingerprint density at radius 1 is 1.27 bits per heavy atom. The molecule has 0 spiro atoms. The molecule has 1 aliphatic rings. The van der Waals surface area contributed by atoms with Crippen molar-refractivity contribution >= 4 is 39.1 Å². The van der Waals surface area contributed by atoms with E-state index in [1.165, 1.54) is 21.8 Å². The Bertz CT molecular complexity index is 1230. The molecule has 174 valence electrons. The van der Waals surface area contributed by atoms with Crippen molar-refractivity contribution < 1.29 is 14.3 Å². The number of aryl methyl sites for hydroxylation is 2. The molecule has 0 saturated carbocycles. The number of hydrogen-bond donors (Lipinski definition) is 1. The molecule has 6 heteroatoms. The summed E-state index contributed by atoms with van der Waals surface area (Å²) >= 11 is 1.52. The second-order valence-corrected chi connectivity index (χ2v) is 10.00. The fourth-order valence-corrected chi connectivity index (χ4v) is 6.02. The molecule has 0 unspecified atom stereocenters. The van der Waals surface area contributed by atoms with Gasteiger partial charge in [-0.1, -0.05) is 26.0 Å². The van der Waals surface area contributed by atoms with Gasteiger partial charge in [0, 0.05) is 22.3 Å². The fourth-order valence-electron chi connectivity index (χ4n) is 4.75. The molecule has 0 atom stereocenters. The average molecular weight is 465 g/mol. The Morgan fingerprint density at radius 2 is 2.03 bits per heavy atom. The normalized spacial score (nSPS) is 13.2. The lowest BCUT2D eigenvalue weighted by Crippen LogP contribution is -2.19. The maximum absolute atomic E-state index is 13.7. The van der Waals surface area contributed by atoms with Gasteiger partial charge in [0.25, 0.3) is 5.91 Å².